The molecule has 0 fully saturated rings. The standard InChI is InChI=1S/C28H24N2O3/c31-27(29-14-13-16-15-30-22-12-6-5-7-17(16)22)25-23-18-8-1-3-10-20(18)24(26(25)28(32)33)21-11-4-2-9-19(21)23/h1-12,15,23-26,30H,13-14H2,(H,29,31)(H,32,33)/t23?,24?,25-,26+/m0/s1. The van der Waals surface area contributed by atoms with Crippen molar-refractivity contribution >= 4 is 22.8 Å². The first kappa shape index (κ1) is 19.8. The van der Waals surface area contributed by atoms with E-state index < -0.39 is 17.8 Å². The summed E-state index contributed by atoms with van der Waals surface area (Å²) < 4.78 is 0. The number of rotatable bonds is 5. The van der Waals surface area contributed by atoms with Gasteiger partial charge in [0.2, 0.25) is 5.91 Å². The van der Waals surface area contributed by atoms with Gasteiger partial charge >= 0.3 is 5.97 Å². The Morgan fingerprint density at radius 1 is 0.788 bits per heavy atom. The Morgan fingerprint density at radius 2 is 1.33 bits per heavy atom. The molecule has 1 amide bonds. The lowest BCUT2D eigenvalue weighted by Gasteiger charge is -2.48. The summed E-state index contributed by atoms with van der Waals surface area (Å²) in [4.78, 5) is 29.3. The molecule has 1 aromatic heterocycles. The van der Waals surface area contributed by atoms with Crippen molar-refractivity contribution in [1.29, 1.82) is 0 Å². The fourth-order valence-corrected chi connectivity index (χ4v) is 6.07. The van der Waals surface area contributed by atoms with Gasteiger partial charge in [-0.15, -0.1) is 0 Å². The Bertz CT molecular complexity index is 1340. The van der Waals surface area contributed by atoms with Crippen molar-refractivity contribution in [3.8, 4) is 0 Å². The zero-order valence-electron chi connectivity index (χ0n) is 18.0. The van der Waals surface area contributed by atoms with Crippen molar-refractivity contribution in [2.24, 2.45) is 11.8 Å². The van der Waals surface area contributed by atoms with Gasteiger partial charge in [0.05, 0.1) is 11.8 Å². The lowest BCUT2D eigenvalue weighted by Crippen LogP contribution is -2.50. The fourth-order valence-electron chi connectivity index (χ4n) is 6.07. The van der Waals surface area contributed by atoms with Crippen LogP contribution in [0.15, 0.2) is 79.0 Å². The molecule has 4 aromatic rings. The first-order valence-corrected chi connectivity index (χ1v) is 11.4. The average molecular weight is 437 g/mol. The third kappa shape index (κ3) is 2.99. The summed E-state index contributed by atoms with van der Waals surface area (Å²) in [5.41, 5.74) is 6.45. The van der Waals surface area contributed by atoms with Crippen molar-refractivity contribution in [1.82, 2.24) is 10.3 Å². The first-order chi connectivity index (χ1) is 16.1. The van der Waals surface area contributed by atoms with Crippen LogP contribution in [-0.4, -0.2) is 28.5 Å². The lowest BCUT2D eigenvalue weighted by molar-refractivity contribution is -0.149. The minimum Gasteiger partial charge on any atom is -0.481 e. The van der Waals surface area contributed by atoms with E-state index in [0.717, 1.165) is 38.7 Å². The number of carboxylic acids is 1. The molecule has 7 rings (SSSR count). The highest BCUT2D eigenvalue weighted by Crippen LogP contribution is 2.58. The number of nitrogens with one attached hydrogen (secondary N) is 2. The van der Waals surface area contributed by atoms with Crippen LogP contribution in [0, 0.1) is 11.8 Å². The molecular formula is C28H24N2O3. The summed E-state index contributed by atoms with van der Waals surface area (Å²) >= 11 is 0. The highest BCUT2D eigenvalue weighted by atomic mass is 16.4. The van der Waals surface area contributed by atoms with E-state index in [0.29, 0.717) is 13.0 Å². The van der Waals surface area contributed by atoms with Crippen molar-refractivity contribution < 1.29 is 14.7 Å². The molecule has 5 nitrogen and oxygen atoms in total. The number of fused-ring (bicyclic) bond motifs is 2. The van der Waals surface area contributed by atoms with Crippen molar-refractivity contribution in [3.63, 3.8) is 0 Å². The SMILES string of the molecule is O=C(O)[C@@H]1C2c3ccccc3C(c3ccccc32)[C@@H]1C(=O)NCCc1c[nH]c2ccccc12. The van der Waals surface area contributed by atoms with Gasteiger partial charge < -0.3 is 15.4 Å². The molecule has 164 valence electrons. The molecule has 5 heteroatoms. The molecule has 0 saturated carbocycles. The summed E-state index contributed by atoms with van der Waals surface area (Å²) in [6, 6.07) is 24.1. The molecule has 0 saturated heterocycles. The number of para-hydroxylation sites is 1. The maximum atomic E-state index is 13.5. The molecule has 1 heterocycles. The van der Waals surface area contributed by atoms with E-state index in [1.807, 2.05) is 72.9 Å². The number of carboxylic acid groups (broad SMARTS) is 1. The molecule has 0 spiro atoms. The quantitative estimate of drug-likeness (QED) is 0.433. The summed E-state index contributed by atoms with van der Waals surface area (Å²) in [5, 5.41) is 14.5. The lowest BCUT2D eigenvalue weighted by atomic mass is 9.54. The molecule has 3 aliphatic carbocycles. The Hall–Kier alpha value is -3.86. The topological polar surface area (TPSA) is 82.2 Å². The Labute approximate surface area is 191 Å². The second kappa shape index (κ2) is 7.62. The zero-order chi connectivity index (χ0) is 22.5. The van der Waals surface area contributed by atoms with Gasteiger partial charge in [0.1, 0.15) is 0 Å². The fraction of sp³-hybridized carbons (Fsp3) is 0.214. The first-order valence-electron chi connectivity index (χ1n) is 11.4. The maximum absolute atomic E-state index is 13.5. The van der Waals surface area contributed by atoms with Crippen LogP contribution in [-0.2, 0) is 16.0 Å². The zero-order valence-corrected chi connectivity index (χ0v) is 18.0. The van der Waals surface area contributed by atoms with Crippen LogP contribution in [0.3, 0.4) is 0 Å². The van der Waals surface area contributed by atoms with E-state index in [1.54, 1.807) is 0 Å². The smallest absolute Gasteiger partial charge is 0.308 e. The monoisotopic (exact) mass is 436 g/mol. The molecule has 3 N–H and O–H groups in total. The summed E-state index contributed by atoms with van der Waals surface area (Å²) in [6.07, 6.45) is 2.66. The van der Waals surface area contributed by atoms with Crippen LogP contribution in [0.1, 0.15) is 39.7 Å². The van der Waals surface area contributed by atoms with Crippen LogP contribution < -0.4 is 5.32 Å². The Kier molecular flexibility index (Phi) is 4.57. The Balaban J connectivity index is 1.32. The van der Waals surface area contributed by atoms with E-state index in [1.165, 1.54) is 0 Å². The summed E-state index contributed by atoms with van der Waals surface area (Å²) in [5.74, 6) is -3.08. The minimum atomic E-state index is -0.911. The minimum absolute atomic E-state index is 0.179. The molecular weight excluding hydrogens is 412 g/mol. The number of aliphatic carboxylic acids is 1. The number of hydrogen-bond acceptors (Lipinski definition) is 2. The average Bonchev–Trinajstić information content (AvgIpc) is 3.26. The number of benzene rings is 3. The molecule has 33 heavy (non-hydrogen) atoms. The maximum Gasteiger partial charge on any atom is 0.308 e. The second-order valence-electron chi connectivity index (χ2n) is 9.00. The van der Waals surface area contributed by atoms with Gasteiger partial charge in [-0.25, -0.2) is 0 Å². The van der Waals surface area contributed by atoms with Crippen LogP contribution in [0.25, 0.3) is 10.9 Å². The molecule has 0 unspecified atom stereocenters. The van der Waals surface area contributed by atoms with Crippen molar-refractivity contribution in [2.75, 3.05) is 6.54 Å². The normalized spacial score (nSPS) is 22.5. The number of amides is 1. The highest BCUT2D eigenvalue weighted by Gasteiger charge is 2.55. The number of H-pyrrole nitrogens is 1. The predicted molar refractivity (Wildman–Crippen MR) is 126 cm³/mol. The Morgan fingerprint density at radius 3 is 1.94 bits per heavy atom. The van der Waals surface area contributed by atoms with Gasteiger partial charge in [-0.1, -0.05) is 66.7 Å². The van der Waals surface area contributed by atoms with Gasteiger partial charge in [-0.05, 0) is 40.3 Å². The molecule has 0 radical (unpaired) electrons. The third-order valence-corrected chi connectivity index (χ3v) is 7.39. The molecule has 3 aliphatic rings. The molecule has 2 atom stereocenters. The van der Waals surface area contributed by atoms with Crippen LogP contribution in [0.5, 0.6) is 0 Å². The number of hydrogen-bond donors (Lipinski definition) is 3. The third-order valence-electron chi connectivity index (χ3n) is 7.39. The number of carbonyl (C=O) groups excluding carboxylic acids is 1. The summed E-state index contributed by atoms with van der Waals surface area (Å²) in [6.45, 7) is 0.463. The molecule has 2 bridgehead atoms. The van der Waals surface area contributed by atoms with E-state index in [2.05, 4.69) is 16.4 Å². The highest BCUT2D eigenvalue weighted by molar-refractivity contribution is 5.90. The summed E-state index contributed by atoms with van der Waals surface area (Å²) in [7, 11) is 0. The van der Waals surface area contributed by atoms with E-state index in [4.69, 9.17) is 0 Å². The van der Waals surface area contributed by atoms with Gasteiger partial charge in [-0.2, -0.15) is 0 Å². The van der Waals surface area contributed by atoms with E-state index in [-0.39, 0.29) is 17.7 Å². The number of carbonyl (C=O) groups is 2. The van der Waals surface area contributed by atoms with Crippen LogP contribution in [0.4, 0.5) is 0 Å². The number of aromatic nitrogens is 1. The van der Waals surface area contributed by atoms with Crippen molar-refractivity contribution in [3.05, 3.63) is 107 Å². The van der Waals surface area contributed by atoms with E-state index in [9.17, 15) is 14.7 Å². The largest absolute Gasteiger partial charge is 0.481 e. The van der Waals surface area contributed by atoms with Gasteiger partial charge in [-0.3, -0.25) is 9.59 Å². The van der Waals surface area contributed by atoms with Crippen LogP contribution in [0.2, 0.25) is 0 Å². The van der Waals surface area contributed by atoms with Gasteiger partial charge in [0.25, 0.3) is 0 Å². The molecule has 3 aromatic carbocycles. The second-order valence-corrected chi connectivity index (χ2v) is 9.00. The molecule has 0 aliphatic heterocycles. The van der Waals surface area contributed by atoms with Gasteiger partial charge in [0, 0.05) is 35.5 Å². The number of aromatic amines is 1. The van der Waals surface area contributed by atoms with Crippen LogP contribution >= 0.6 is 0 Å². The predicted octanol–water partition coefficient (Wildman–Crippen LogP) is 4.43. The van der Waals surface area contributed by atoms with Crippen molar-refractivity contribution in [2.45, 2.75) is 18.3 Å². The van der Waals surface area contributed by atoms with E-state index >= 15 is 0 Å². The van der Waals surface area contributed by atoms with Gasteiger partial charge in [0.15, 0.2) is 0 Å².